The number of piperazine rings is 1. The molecular weight excluding hydrogens is 613 g/mol. The molecule has 0 aliphatic carbocycles. The van der Waals surface area contributed by atoms with Crippen LogP contribution in [0.25, 0.3) is 0 Å². The molecule has 3 aromatic rings. The predicted molar refractivity (Wildman–Crippen MR) is 173 cm³/mol. The van der Waals surface area contributed by atoms with Crippen LogP contribution in [0.15, 0.2) is 30.3 Å². The zero-order valence-electron chi connectivity index (χ0n) is 24.7. The third-order valence-electron chi connectivity index (χ3n) is 7.80. The Morgan fingerprint density at radius 3 is 2.33 bits per heavy atom. The third-order valence-corrected chi connectivity index (χ3v) is 8.88. The van der Waals surface area contributed by atoms with Crippen LogP contribution in [0.4, 0.5) is 34.5 Å². The summed E-state index contributed by atoms with van der Waals surface area (Å²) in [5.41, 5.74) is 3.53. The van der Waals surface area contributed by atoms with Crippen molar-refractivity contribution in [1.82, 2.24) is 25.0 Å². The molecular formula is C28H37Cl2N9O3S. The van der Waals surface area contributed by atoms with Gasteiger partial charge in [-0.3, -0.25) is 9.62 Å². The van der Waals surface area contributed by atoms with Crippen molar-refractivity contribution in [2.75, 3.05) is 79.9 Å². The fourth-order valence-electron chi connectivity index (χ4n) is 5.55. The van der Waals surface area contributed by atoms with E-state index in [0.717, 1.165) is 69.6 Å². The minimum atomic E-state index is -3.55. The lowest BCUT2D eigenvalue weighted by atomic mass is 10.0. The number of aromatic nitrogens is 3. The normalized spacial score (nSPS) is 17.1. The van der Waals surface area contributed by atoms with E-state index in [9.17, 15) is 8.42 Å². The summed E-state index contributed by atoms with van der Waals surface area (Å²) in [7, 11) is 0.275. The number of ether oxygens (including phenoxy) is 1. The Kier molecular flexibility index (Phi) is 9.67. The second kappa shape index (κ2) is 13.3. The highest BCUT2D eigenvalue weighted by Gasteiger charge is 2.28. The molecule has 5 rings (SSSR count). The van der Waals surface area contributed by atoms with Gasteiger partial charge in [-0.2, -0.15) is 4.98 Å². The van der Waals surface area contributed by atoms with Crippen molar-refractivity contribution < 1.29 is 13.2 Å². The number of sulfonamides is 1. The topological polar surface area (TPSA) is 128 Å². The van der Waals surface area contributed by atoms with E-state index in [1.54, 1.807) is 19.2 Å². The molecule has 0 bridgehead atoms. The van der Waals surface area contributed by atoms with Crippen LogP contribution in [0.5, 0.6) is 5.75 Å². The van der Waals surface area contributed by atoms with Gasteiger partial charge in [-0.05, 0) is 56.6 Å². The van der Waals surface area contributed by atoms with E-state index in [-0.39, 0.29) is 22.6 Å². The number of nitrogens with one attached hydrogen (secondary N) is 3. The van der Waals surface area contributed by atoms with Gasteiger partial charge < -0.3 is 25.2 Å². The van der Waals surface area contributed by atoms with Crippen LogP contribution in [-0.2, 0) is 10.0 Å². The number of hydrogen-bond donors (Lipinski definition) is 3. The van der Waals surface area contributed by atoms with E-state index in [2.05, 4.69) is 59.2 Å². The van der Waals surface area contributed by atoms with Crippen molar-refractivity contribution in [1.29, 1.82) is 0 Å². The Hall–Kier alpha value is -3.10. The van der Waals surface area contributed by atoms with Crippen molar-refractivity contribution >= 4 is 67.7 Å². The maximum absolute atomic E-state index is 11.9. The SMILES string of the molecule is COc1cc(N2CCC(N3CCN(C)CC3)CC2)c(C)cc1Nc1nnc(Cl)c(Nc2cc(Cl)ccc2NS(C)(=O)=O)n1. The lowest BCUT2D eigenvalue weighted by Crippen LogP contribution is -2.52. The molecule has 3 N–H and O–H groups in total. The fourth-order valence-corrected chi connectivity index (χ4v) is 6.42. The molecule has 0 amide bonds. The number of hydrogen-bond acceptors (Lipinski definition) is 11. The Bertz CT molecular complexity index is 1560. The molecule has 15 heteroatoms. The highest BCUT2D eigenvalue weighted by Crippen LogP contribution is 2.37. The number of aryl methyl sites for hydroxylation is 1. The maximum Gasteiger partial charge on any atom is 0.249 e. The highest BCUT2D eigenvalue weighted by molar-refractivity contribution is 7.92. The fraction of sp³-hybridized carbons (Fsp3) is 0.464. The molecule has 1 aromatic heterocycles. The van der Waals surface area contributed by atoms with E-state index in [0.29, 0.717) is 28.2 Å². The molecule has 0 radical (unpaired) electrons. The molecule has 12 nitrogen and oxygen atoms in total. The number of anilines is 6. The van der Waals surface area contributed by atoms with E-state index in [1.165, 1.54) is 6.07 Å². The van der Waals surface area contributed by atoms with Crippen LogP contribution in [0.3, 0.4) is 0 Å². The van der Waals surface area contributed by atoms with Gasteiger partial charge in [0.05, 0.1) is 30.4 Å². The smallest absolute Gasteiger partial charge is 0.249 e. The molecule has 2 aliphatic rings. The minimum absolute atomic E-state index is 0.00528. The van der Waals surface area contributed by atoms with Gasteiger partial charge in [0.2, 0.25) is 16.0 Å². The van der Waals surface area contributed by atoms with Crippen molar-refractivity contribution in [3.8, 4) is 5.75 Å². The van der Waals surface area contributed by atoms with Crippen molar-refractivity contribution in [2.45, 2.75) is 25.8 Å². The number of methoxy groups -OCH3 is 1. The summed E-state index contributed by atoms with van der Waals surface area (Å²) < 4.78 is 31.9. The number of piperidine rings is 1. The summed E-state index contributed by atoms with van der Waals surface area (Å²) in [6.07, 6.45) is 3.34. The van der Waals surface area contributed by atoms with E-state index in [1.807, 2.05) is 12.1 Å². The number of nitrogens with zero attached hydrogens (tertiary/aromatic N) is 6. The zero-order valence-corrected chi connectivity index (χ0v) is 27.0. The van der Waals surface area contributed by atoms with Crippen LogP contribution in [0.1, 0.15) is 18.4 Å². The van der Waals surface area contributed by atoms with Crippen molar-refractivity contribution in [3.05, 3.63) is 46.1 Å². The van der Waals surface area contributed by atoms with Gasteiger partial charge in [0, 0.05) is 62.1 Å². The van der Waals surface area contributed by atoms with Crippen LogP contribution in [-0.4, -0.2) is 99.1 Å². The van der Waals surface area contributed by atoms with E-state index >= 15 is 0 Å². The lowest BCUT2D eigenvalue weighted by Gasteiger charge is -2.43. The molecule has 3 heterocycles. The lowest BCUT2D eigenvalue weighted by molar-refractivity contribution is 0.0982. The van der Waals surface area contributed by atoms with Crippen LogP contribution in [0.2, 0.25) is 10.2 Å². The predicted octanol–water partition coefficient (Wildman–Crippen LogP) is 4.57. The van der Waals surface area contributed by atoms with E-state index in [4.69, 9.17) is 27.9 Å². The number of halogens is 2. The number of rotatable bonds is 9. The van der Waals surface area contributed by atoms with Crippen molar-refractivity contribution in [2.24, 2.45) is 0 Å². The van der Waals surface area contributed by atoms with Gasteiger partial charge in [-0.1, -0.05) is 23.2 Å². The summed E-state index contributed by atoms with van der Waals surface area (Å²) in [5, 5.41) is 14.7. The highest BCUT2D eigenvalue weighted by atomic mass is 35.5. The largest absolute Gasteiger partial charge is 0.494 e. The number of benzene rings is 2. The standard InChI is InChI=1S/C28H37Cl2N9O3S/c1-18-15-23(25(42-3)17-24(18)39-9-7-20(8-10-39)38-13-11-37(2)12-14-38)32-28-33-27(26(30)34-35-28)31-22-16-19(29)5-6-21(22)36-43(4,40)41/h5-6,15-17,20,36H,7-14H2,1-4H3,(H2,31,32,33,35). The molecule has 0 saturated carbocycles. The Morgan fingerprint density at radius 2 is 1.65 bits per heavy atom. The second-order valence-electron chi connectivity index (χ2n) is 11.0. The van der Waals surface area contributed by atoms with Gasteiger partial charge >= 0.3 is 0 Å². The summed E-state index contributed by atoms with van der Waals surface area (Å²) >= 11 is 12.5. The van der Waals surface area contributed by atoms with Gasteiger partial charge in [0.15, 0.2) is 11.0 Å². The van der Waals surface area contributed by atoms with Crippen LogP contribution >= 0.6 is 23.2 Å². The molecule has 43 heavy (non-hydrogen) atoms. The Balaban J connectivity index is 1.31. The molecule has 2 saturated heterocycles. The van der Waals surface area contributed by atoms with Crippen LogP contribution in [0, 0.1) is 6.92 Å². The van der Waals surface area contributed by atoms with Crippen LogP contribution < -0.4 is 25.0 Å². The van der Waals surface area contributed by atoms with Gasteiger partial charge in [-0.25, -0.2) is 8.42 Å². The molecule has 2 aromatic carbocycles. The first kappa shape index (κ1) is 31.3. The quantitative estimate of drug-likeness (QED) is 0.302. The monoisotopic (exact) mass is 649 g/mol. The first-order chi connectivity index (χ1) is 20.5. The van der Waals surface area contributed by atoms with Gasteiger partial charge in [0.25, 0.3) is 0 Å². The van der Waals surface area contributed by atoms with Gasteiger partial charge in [-0.15, -0.1) is 10.2 Å². The average Bonchev–Trinajstić information content (AvgIpc) is 2.96. The van der Waals surface area contributed by atoms with Gasteiger partial charge in [0.1, 0.15) is 5.75 Å². The average molecular weight is 651 g/mol. The molecule has 0 spiro atoms. The first-order valence-corrected chi connectivity index (χ1v) is 16.7. The minimum Gasteiger partial charge on any atom is -0.494 e. The summed E-state index contributed by atoms with van der Waals surface area (Å²) in [5.74, 6) is 0.975. The molecule has 0 unspecified atom stereocenters. The molecule has 2 aliphatic heterocycles. The third kappa shape index (κ3) is 7.90. The molecule has 0 atom stereocenters. The molecule has 232 valence electrons. The second-order valence-corrected chi connectivity index (χ2v) is 13.5. The zero-order chi connectivity index (χ0) is 30.7. The summed E-state index contributed by atoms with van der Waals surface area (Å²) in [6.45, 7) is 8.63. The maximum atomic E-state index is 11.9. The number of likely N-dealkylation sites (N-methyl/N-ethyl adjacent to an activating group) is 1. The Morgan fingerprint density at radius 1 is 0.930 bits per heavy atom. The van der Waals surface area contributed by atoms with E-state index < -0.39 is 10.0 Å². The Labute approximate surface area is 262 Å². The summed E-state index contributed by atoms with van der Waals surface area (Å²) in [6, 6.07) is 9.36. The first-order valence-electron chi connectivity index (χ1n) is 14.1. The van der Waals surface area contributed by atoms with Crippen molar-refractivity contribution in [3.63, 3.8) is 0 Å². The summed E-state index contributed by atoms with van der Waals surface area (Å²) in [4.78, 5) is 12.0. The molecule has 2 fully saturated rings.